The molecule has 2 nitrogen and oxygen atoms in total. The third kappa shape index (κ3) is 3.25. The van der Waals surface area contributed by atoms with Crippen molar-refractivity contribution in [1.29, 1.82) is 0 Å². The first-order valence-corrected chi connectivity index (χ1v) is 6.19. The van der Waals surface area contributed by atoms with Gasteiger partial charge in [-0.05, 0) is 29.8 Å². The van der Waals surface area contributed by atoms with Crippen LogP contribution >= 0.6 is 23.2 Å². The van der Waals surface area contributed by atoms with Gasteiger partial charge in [0, 0.05) is 12.1 Å². The molecule has 0 fully saturated rings. The molecule has 0 aliphatic carbocycles. The van der Waals surface area contributed by atoms with Crippen LogP contribution in [0.25, 0.3) is 0 Å². The zero-order chi connectivity index (χ0) is 13.0. The summed E-state index contributed by atoms with van der Waals surface area (Å²) in [5.74, 6) is -0.110. The Labute approximate surface area is 116 Å². The van der Waals surface area contributed by atoms with E-state index in [1.165, 1.54) is 0 Å². The number of benzene rings is 2. The van der Waals surface area contributed by atoms with Crippen LogP contribution < -0.4 is 5.32 Å². The lowest BCUT2D eigenvalue weighted by Crippen LogP contribution is -2.22. The van der Waals surface area contributed by atoms with Crippen molar-refractivity contribution in [2.24, 2.45) is 0 Å². The SMILES string of the molecule is O=C(NCc1ccc(Cl)c(Cl)c1)c1ccccc1. The van der Waals surface area contributed by atoms with E-state index >= 15 is 0 Å². The van der Waals surface area contributed by atoms with Crippen LogP contribution in [-0.2, 0) is 6.54 Å². The highest BCUT2D eigenvalue weighted by molar-refractivity contribution is 6.42. The molecule has 0 aromatic heterocycles. The number of amides is 1. The second-order valence-corrected chi connectivity index (χ2v) is 4.61. The molecule has 4 heteroatoms. The molecule has 2 aromatic carbocycles. The van der Waals surface area contributed by atoms with Crippen molar-refractivity contribution in [2.75, 3.05) is 0 Å². The molecule has 0 aliphatic heterocycles. The molecule has 18 heavy (non-hydrogen) atoms. The number of hydrogen-bond donors (Lipinski definition) is 1. The summed E-state index contributed by atoms with van der Waals surface area (Å²) in [6.07, 6.45) is 0. The number of rotatable bonds is 3. The molecular formula is C14H11Cl2NO. The maximum Gasteiger partial charge on any atom is 0.251 e. The standard InChI is InChI=1S/C14H11Cl2NO/c15-12-7-6-10(8-13(12)16)9-17-14(18)11-4-2-1-3-5-11/h1-8H,9H2,(H,17,18). The zero-order valence-electron chi connectivity index (χ0n) is 9.49. The molecule has 0 radical (unpaired) electrons. The fourth-order valence-corrected chi connectivity index (χ4v) is 1.84. The fourth-order valence-electron chi connectivity index (χ4n) is 1.52. The quantitative estimate of drug-likeness (QED) is 0.907. The van der Waals surface area contributed by atoms with Crippen LogP contribution in [0.15, 0.2) is 48.5 Å². The van der Waals surface area contributed by atoms with Gasteiger partial charge in [-0.25, -0.2) is 0 Å². The zero-order valence-corrected chi connectivity index (χ0v) is 11.0. The normalized spacial score (nSPS) is 10.1. The van der Waals surface area contributed by atoms with E-state index in [0.717, 1.165) is 5.56 Å². The van der Waals surface area contributed by atoms with Gasteiger partial charge >= 0.3 is 0 Å². The molecule has 2 rings (SSSR count). The molecule has 1 N–H and O–H groups in total. The van der Waals surface area contributed by atoms with Crippen molar-refractivity contribution in [3.63, 3.8) is 0 Å². The second-order valence-electron chi connectivity index (χ2n) is 3.80. The van der Waals surface area contributed by atoms with E-state index in [2.05, 4.69) is 5.32 Å². The van der Waals surface area contributed by atoms with Gasteiger partial charge in [0.25, 0.3) is 5.91 Å². The molecule has 92 valence electrons. The third-order valence-electron chi connectivity index (χ3n) is 2.47. The van der Waals surface area contributed by atoms with Gasteiger partial charge < -0.3 is 5.32 Å². The summed E-state index contributed by atoms with van der Waals surface area (Å²) in [5.41, 5.74) is 1.55. The first kappa shape index (κ1) is 12.9. The van der Waals surface area contributed by atoms with Gasteiger partial charge in [-0.2, -0.15) is 0 Å². The van der Waals surface area contributed by atoms with Crippen molar-refractivity contribution >= 4 is 29.1 Å². The Morgan fingerprint density at radius 1 is 1.00 bits per heavy atom. The maximum atomic E-state index is 11.8. The van der Waals surface area contributed by atoms with E-state index < -0.39 is 0 Å². The number of nitrogens with one attached hydrogen (secondary N) is 1. The highest BCUT2D eigenvalue weighted by atomic mass is 35.5. The molecule has 0 saturated heterocycles. The van der Waals surface area contributed by atoms with Gasteiger partial charge in [0.15, 0.2) is 0 Å². The highest BCUT2D eigenvalue weighted by Gasteiger charge is 2.05. The largest absolute Gasteiger partial charge is 0.348 e. The smallest absolute Gasteiger partial charge is 0.251 e. The summed E-state index contributed by atoms with van der Waals surface area (Å²) in [4.78, 5) is 11.8. The Balaban J connectivity index is 1.99. The van der Waals surface area contributed by atoms with Crippen LogP contribution in [-0.4, -0.2) is 5.91 Å². The summed E-state index contributed by atoms with van der Waals surface area (Å²) in [7, 11) is 0. The van der Waals surface area contributed by atoms with E-state index in [4.69, 9.17) is 23.2 Å². The average Bonchev–Trinajstić information content (AvgIpc) is 2.41. The molecule has 0 aliphatic rings. The average molecular weight is 280 g/mol. The molecular weight excluding hydrogens is 269 g/mol. The Morgan fingerprint density at radius 3 is 2.39 bits per heavy atom. The van der Waals surface area contributed by atoms with Crippen LogP contribution in [0, 0.1) is 0 Å². The maximum absolute atomic E-state index is 11.8. The molecule has 0 unspecified atom stereocenters. The van der Waals surface area contributed by atoms with Gasteiger partial charge in [-0.1, -0.05) is 47.5 Å². The minimum absolute atomic E-state index is 0.110. The van der Waals surface area contributed by atoms with E-state index in [9.17, 15) is 4.79 Å². The fraction of sp³-hybridized carbons (Fsp3) is 0.0714. The third-order valence-corrected chi connectivity index (χ3v) is 3.21. The monoisotopic (exact) mass is 279 g/mol. The van der Waals surface area contributed by atoms with Gasteiger partial charge in [-0.3, -0.25) is 4.79 Å². The van der Waals surface area contributed by atoms with Gasteiger partial charge in [0.05, 0.1) is 10.0 Å². The number of carbonyl (C=O) groups excluding carboxylic acids is 1. The van der Waals surface area contributed by atoms with Crippen LogP contribution in [0.4, 0.5) is 0 Å². The highest BCUT2D eigenvalue weighted by Crippen LogP contribution is 2.22. The van der Waals surface area contributed by atoms with E-state index in [0.29, 0.717) is 22.2 Å². The van der Waals surface area contributed by atoms with Crippen molar-refractivity contribution in [3.05, 3.63) is 69.7 Å². The summed E-state index contributed by atoms with van der Waals surface area (Å²) in [5, 5.41) is 3.82. The molecule has 0 saturated carbocycles. The van der Waals surface area contributed by atoms with Gasteiger partial charge in [0.1, 0.15) is 0 Å². The Morgan fingerprint density at radius 2 is 1.72 bits per heavy atom. The predicted octanol–water partition coefficient (Wildman–Crippen LogP) is 3.92. The van der Waals surface area contributed by atoms with E-state index in [-0.39, 0.29) is 5.91 Å². The summed E-state index contributed by atoms with van der Waals surface area (Å²) in [6.45, 7) is 0.421. The van der Waals surface area contributed by atoms with Crippen LogP contribution in [0.3, 0.4) is 0 Å². The van der Waals surface area contributed by atoms with Crippen LogP contribution in [0.2, 0.25) is 10.0 Å². The van der Waals surface area contributed by atoms with Crippen molar-refractivity contribution in [3.8, 4) is 0 Å². The number of carbonyl (C=O) groups is 1. The summed E-state index contributed by atoms with van der Waals surface area (Å²) in [6, 6.07) is 14.4. The molecule has 2 aromatic rings. The Bertz CT molecular complexity index is 555. The first-order valence-electron chi connectivity index (χ1n) is 5.44. The van der Waals surface area contributed by atoms with Crippen LogP contribution in [0.1, 0.15) is 15.9 Å². The predicted molar refractivity (Wildman–Crippen MR) is 74.1 cm³/mol. The van der Waals surface area contributed by atoms with Crippen LogP contribution in [0.5, 0.6) is 0 Å². The molecule has 0 heterocycles. The van der Waals surface area contributed by atoms with E-state index in [1.54, 1.807) is 24.3 Å². The van der Waals surface area contributed by atoms with E-state index in [1.807, 2.05) is 24.3 Å². The van der Waals surface area contributed by atoms with Gasteiger partial charge in [-0.15, -0.1) is 0 Å². The lowest BCUT2D eigenvalue weighted by Gasteiger charge is -2.06. The summed E-state index contributed by atoms with van der Waals surface area (Å²) < 4.78 is 0. The molecule has 0 spiro atoms. The summed E-state index contributed by atoms with van der Waals surface area (Å²) >= 11 is 11.7. The lowest BCUT2D eigenvalue weighted by atomic mass is 10.2. The number of halogens is 2. The first-order chi connectivity index (χ1) is 8.66. The van der Waals surface area contributed by atoms with Crippen molar-refractivity contribution in [2.45, 2.75) is 6.54 Å². The minimum Gasteiger partial charge on any atom is -0.348 e. The molecule has 0 atom stereocenters. The van der Waals surface area contributed by atoms with Gasteiger partial charge in [0.2, 0.25) is 0 Å². The minimum atomic E-state index is -0.110. The second kappa shape index (κ2) is 5.89. The lowest BCUT2D eigenvalue weighted by molar-refractivity contribution is 0.0951. The molecule has 1 amide bonds. The Hall–Kier alpha value is -1.51. The van der Waals surface area contributed by atoms with Crippen molar-refractivity contribution < 1.29 is 4.79 Å². The Kier molecular flexibility index (Phi) is 4.24. The van der Waals surface area contributed by atoms with Crippen molar-refractivity contribution in [1.82, 2.24) is 5.32 Å². The number of hydrogen-bond acceptors (Lipinski definition) is 1. The topological polar surface area (TPSA) is 29.1 Å². The molecule has 0 bridgehead atoms.